The third-order valence-electron chi connectivity index (χ3n) is 4.51. The molecular formula is C17H20F3NO4. The van der Waals surface area contributed by atoms with Crippen molar-refractivity contribution in [3.05, 3.63) is 35.9 Å². The molecule has 1 fully saturated rings. The van der Waals surface area contributed by atoms with Gasteiger partial charge in [-0.2, -0.15) is 13.2 Å². The zero-order valence-corrected chi connectivity index (χ0v) is 13.8. The molecular weight excluding hydrogens is 339 g/mol. The molecule has 0 aliphatic carbocycles. The van der Waals surface area contributed by atoms with Crippen molar-refractivity contribution in [3.8, 4) is 0 Å². The molecule has 2 rings (SSSR count). The summed E-state index contributed by atoms with van der Waals surface area (Å²) in [6.45, 7) is 0.0840. The van der Waals surface area contributed by atoms with Crippen molar-refractivity contribution in [2.24, 2.45) is 0 Å². The van der Waals surface area contributed by atoms with Crippen molar-refractivity contribution in [2.75, 3.05) is 19.7 Å². The minimum absolute atomic E-state index is 0.153. The summed E-state index contributed by atoms with van der Waals surface area (Å²) in [5, 5.41) is 9.70. The lowest BCUT2D eigenvalue weighted by Crippen LogP contribution is -2.51. The summed E-state index contributed by atoms with van der Waals surface area (Å²) in [5.74, 6) is -1.52. The van der Waals surface area contributed by atoms with Crippen LogP contribution in [0.25, 0.3) is 0 Å². The highest BCUT2D eigenvalue weighted by atomic mass is 19.4. The summed E-state index contributed by atoms with van der Waals surface area (Å²) in [5.41, 5.74) is -0.426. The quantitative estimate of drug-likeness (QED) is 0.878. The van der Waals surface area contributed by atoms with Gasteiger partial charge in [0.1, 0.15) is 12.7 Å². The Morgan fingerprint density at radius 3 is 2.28 bits per heavy atom. The summed E-state index contributed by atoms with van der Waals surface area (Å²) in [4.78, 5) is 25.4. The highest BCUT2D eigenvalue weighted by Crippen LogP contribution is 2.36. The van der Waals surface area contributed by atoms with Gasteiger partial charge in [-0.15, -0.1) is 0 Å². The molecule has 1 aliphatic rings. The summed E-state index contributed by atoms with van der Waals surface area (Å²) in [6, 6.07) is 8.77. The number of halogens is 3. The van der Waals surface area contributed by atoms with Gasteiger partial charge < -0.3 is 14.7 Å². The highest BCUT2D eigenvalue weighted by molar-refractivity contribution is 5.84. The van der Waals surface area contributed by atoms with Crippen LogP contribution in [0.5, 0.6) is 0 Å². The van der Waals surface area contributed by atoms with E-state index in [0.717, 1.165) is 0 Å². The van der Waals surface area contributed by atoms with E-state index in [0.29, 0.717) is 5.56 Å². The van der Waals surface area contributed by atoms with Crippen molar-refractivity contribution >= 4 is 11.9 Å². The first-order chi connectivity index (χ1) is 11.7. The Morgan fingerprint density at radius 2 is 1.80 bits per heavy atom. The number of carboxylic acids is 1. The maximum Gasteiger partial charge on any atom is 0.411 e. The largest absolute Gasteiger partial charge is 0.481 e. The van der Waals surface area contributed by atoms with Crippen molar-refractivity contribution < 1.29 is 32.6 Å². The van der Waals surface area contributed by atoms with E-state index in [2.05, 4.69) is 4.74 Å². The van der Waals surface area contributed by atoms with E-state index in [1.807, 2.05) is 0 Å². The zero-order valence-electron chi connectivity index (χ0n) is 13.8. The lowest BCUT2D eigenvalue weighted by atomic mass is 9.73. The van der Waals surface area contributed by atoms with Gasteiger partial charge in [0.25, 0.3) is 5.91 Å². The molecule has 1 N–H and O–H groups in total. The van der Waals surface area contributed by atoms with Crippen LogP contribution in [0.4, 0.5) is 13.2 Å². The molecule has 1 amide bonds. The van der Waals surface area contributed by atoms with Gasteiger partial charge in [0.15, 0.2) is 0 Å². The number of carbonyl (C=O) groups excluding carboxylic acids is 1. The number of hydrogen-bond acceptors (Lipinski definition) is 3. The second-order valence-electron chi connectivity index (χ2n) is 6.15. The van der Waals surface area contributed by atoms with Gasteiger partial charge in [-0.1, -0.05) is 30.3 Å². The van der Waals surface area contributed by atoms with E-state index in [9.17, 15) is 27.9 Å². The van der Waals surface area contributed by atoms with Crippen LogP contribution in [0, 0.1) is 0 Å². The first-order valence-electron chi connectivity index (χ1n) is 7.92. The molecule has 1 heterocycles. The number of rotatable bonds is 5. The smallest absolute Gasteiger partial charge is 0.411 e. The van der Waals surface area contributed by atoms with Crippen LogP contribution in [-0.2, 0) is 19.7 Å². The molecule has 1 aliphatic heterocycles. The third kappa shape index (κ3) is 4.50. The Kier molecular flexibility index (Phi) is 5.72. The summed E-state index contributed by atoms with van der Waals surface area (Å²) < 4.78 is 41.1. The highest BCUT2D eigenvalue weighted by Gasteiger charge is 2.44. The van der Waals surface area contributed by atoms with Crippen molar-refractivity contribution in [1.29, 1.82) is 0 Å². The zero-order chi connectivity index (χ0) is 18.7. The summed E-state index contributed by atoms with van der Waals surface area (Å²) in [6.07, 6.45) is -5.33. The number of carboxylic acid groups (broad SMARTS) is 1. The minimum atomic E-state index is -4.50. The average Bonchev–Trinajstić information content (AvgIpc) is 2.59. The molecule has 0 radical (unpaired) electrons. The minimum Gasteiger partial charge on any atom is -0.481 e. The van der Waals surface area contributed by atoms with E-state index in [4.69, 9.17) is 0 Å². The molecule has 138 valence electrons. The standard InChI is InChI=1S/C17H20F3NO4/c1-12(25-11-17(18,19)20)14(22)21-9-7-16(8-10-21,15(23)24)13-5-3-2-4-6-13/h2-6,12H,7-11H2,1H3,(H,23,24). The van der Waals surface area contributed by atoms with Gasteiger partial charge in [0.05, 0.1) is 5.41 Å². The van der Waals surface area contributed by atoms with Gasteiger partial charge in [-0.05, 0) is 25.3 Å². The first kappa shape index (κ1) is 19.2. The lowest BCUT2D eigenvalue weighted by molar-refractivity contribution is -0.189. The molecule has 0 saturated carbocycles. The van der Waals surface area contributed by atoms with E-state index < -0.39 is 36.2 Å². The fraction of sp³-hybridized carbons (Fsp3) is 0.529. The van der Waals surface area contributed by atoms with Crippen LogP contribution in [0.3, 0.4) is 0 Å². The predicted octanol–water partition coefficient (Wildman–Crippen LogP) is 2.60. The fourth-order valence-electron chi connectivity index (χ4n) is 3.04. The van der Waals surface area contributed by atoms with E-state index in [1.165, 1.54) is 11.8 Å². The molecule has 8 heteroatoms. The lowest BCUT2D eigenvalue weighted by Gasteiger charge is -2.40. The van der Waals surface area contributed by atoms with Crippen LogP contribution < -0.4 is 0 Å². The molecule has 1 aromatic rings. The van der Waals surface area contributed by atoms with E-state index in [1.54, 1.807) is 30.3 Å². The van der Waals surface area contributed by atoms with Crippen LogP contribution in [0.1, 0.15) is 25.3 Å². The molecule has 0 aromatic heterocycles. The van der Waals surface area contributed by atoms with Crippen LogP contribution in [-0.4, -0.2) is 53.9 Å². The average molecular weight is 359 g/mol. The molecule has 0 bridgehead atoms. The Morgan fingerprint density at radius 1 is 1.24 bits per heavy atom. The van der Waals surface area contributed by atoms with E-state index >= 15 is 0 Å². The second kappa shape index (κ2) is 7.43. The fourth-order valence-corrected chi connectivity index (χ4v) is 3.04. The molecule has 1 aromatic carbocycles. The number of hydrogen-bond donors (Lipinski definition) is 1. The SMILES string of the molecule is CC(OCC(F)(F)F)C(=O)N1CCC(C(=O)O)(c2ccccc2)CC1. The number of aliphatic carboxylic acids is 1. The number of piperidine rings is 1. The number of amides is 1. The molecule has 0 spiro atoms. The Hall–Kier alpha value is -2.09. The van der Waals surface area contributed by atoms with Gasteiger partial charge in [-0.3, -0.25) is 9.59 Å². The van der Waals surface area contributed by atoms with Crippen LogP contribution in [0.15, 0.2) is 30.3 Å². The summed E-state index contributed by atoms with van der Waals surface area (Å²) >= 11 is 0. The molecule has 1 atom stereocenters. The van der Waals surface area contributed by atoms with Crippen molar-refractivity contribution in [2.45, 2.75) is 37.5 Å². The molecule has 1 unspecified atom stereocenters. The summed E-state index contributed by atoms with van der Waals surface area (Å²) in [7, 11) is 0. The number of ether oxygens (including phenoxy) is 1. The van der Waals surface area contributed by atoms with Crippen molar-refractivity contribution in [3.63, 3.8) is 0 Å². The number of benzene rings is 1. The molecule has 5 nitrogen and oxygen atoms in total. The normalized spacial score (nSPS) is 18.6. The Bertz CT molecular complexity index is 610. The van der Waals surface area contributed by atoms with Gasteiger partial charge in [0.2, 0.25) is 0 Å². The van der Waals surface area contributed by atoms with Crippen LogP contribution in [0.2, 0.25) is 0 Å². The molecule has 25 heavy (non-hydrogen) atoms. The second-order valence-corrected chi connectivity index (χ2v) is 6.15. The number of likely N-dealkylation sites (tertiary alicyclic amines) is 1. The molecule has 1 saturated heterocycles. The third-order valence-corrected chi connectivity index (χ3v) is 4.51. The number of nitrogens with zero attached hydrogens (tertiary/aromatic N) is 1. The number of alkyl halides is 3. The maximum atomic E-state index is 12.2. The number of carbonyl (C=O) groups is 2. The maximum absolute atomic E-state index is 12.2. The first-order valence-corrected chi connectivity index (χ1v) is 7.92. The topological polar surface area (TPSA) is 66.8 Å². The predicted molar refractivity (Wildman–Crippen MR) is 83.0 cm³/mol. The van der Waals surface area contributed by atoms with Gasteiger partial charge in [-0.25, -0.2) is 0 Å². The van der Waals surface area contributed by atoms with Gasteiger partial charge >= 0.3 is 12.1 Å². The van der Waals surface area contributed by atoms with Gasteiger partial charge in [0, 0.05) is 13.1 Å². The van der Waals surface area contributed by atoms with Crippen LogP contribution >= 0.6 is 0 Å². The Balaban J connectivity index is 2.02. The van der Waals surface area contributed by atoms with E-state index in [-0.39, 0.29) is 25.9 Å². The van der Waals surface area contributed by atoms with Crippen molar-refractivity contribution in [1.82, 2.24) is 4.90 Å². The Labute approximate surface area is 143 Å². The monoisotopic (exact) mass is 359 g/mol.